The van der Waals surface area contributed by atoms with Gasteiger partial charge in [-0.3, -0.25) is 14.6 Å². The molecule has 0 saturated carbocycles. The highest BCUT2D eigenvalue weighted by molar-refractivity contribution is 5.96. The van der Waals surface area contributed by atoms with Crippen LogP contribution in [0.1, 0.15) is 35.2 Å². The summed E-state index contributed by atoms with van der Waals surface area (Å²) in [6, 6.07) is 17.2. The van der Waals surface area contributed by atoms with Crippen LogP contribution in [0.5, 0.6) is 0 Å². The molecule has 0 spiro atoms. The highest BCUT2D eigenvalue weighted by Crippen LogP contribution is 2.12. The predicted molar refractivity (Wildman–Crippen MR) is 131 cm³/mol. The predicted octanol–water partition coefficient (Wildman–Crippen LogP) is 1.59. The third kappa shape index (κ3) is 8.61. The topological polar surface area (TPSA) is 174 Å². The summed E-state index contributed by atoms with van der Waals surface area (Å²) >= 11 is 0. The van der Waals surface area contributed by atoms with Gasteiger partial charge in [0.1, 0.15) is 6.04 Å². The van der Waals surface area contributed by atoms with E-state index in [-0.39, 0.29) is 0 Å². The van der Waals surface area contributed by atoms with Crippen LogP contribution in [0.15, 0.2) is 66.9 Å². The van der Waals surface area contributed by atoms with Gasteiger partial charge in [-0.1, -0.05) is 48.5 Å². The first-order chi connectivity index (χ1) is 16.3. The van der Waals surface area contributed by atoms with Crippen molar-refractivity contribution in [1.82, 2.24) is 10.3 Å². The lowest BCUT2D eigenvalue weighted by molar-refractivity contribution is -0.142. The monoisotopic (exact) mass is 465 g/mol. The second-order valence-corrected chi connectivity index (χ2v) is 7.74. The van der Waals surface area contributed by atoms with Crippen LogP contribution in [0.3, 0.4) is 0 Å². The van der Waals surface area contributed by atoms with E-state index in [9.17, 15) is 19.5 Å². The number of aromatic nitrogens is 1. The van der Waals surface area contributed by atoms with Gasteiger partial charge in [-0.25, -0.2) is 4.79 Å². The van der Waals surface area contributed by atoms with Gasteiger partial charge in [0.15, 0.2) is 0 Å². The first-order valence-electron chi connectivity index (χ1n) is 11.0. The summed E-state index contributed by atoms with van der Waals surface area (Å²) < 4.78 is 0. The number of nitrogens with one attached hydrogen (secondary N) is 1. The Labute approximate surface area is 198 Å². The fourth-order valence-corrected chi connectivity index (χ4v) is 3.17. The minimum Gasteiger partial charge on any atom is -0.480 e. The summed E-state index contributed by atoms with van der Waals surface area (Å²) in [6.45, 7) is 0.456. The summed E-state index contributed by atoms with van der Waals surface area (Å²) in [7, 11) is 0. The largest absolute Gasteiger partial charge is 0.480 e. The van der Waals surface area contributed by atoms with Crippen molar-refractivity contribution in [3.63, 3.8) is 0 Å². The number of nitrogens with zero attached hydrogens (tertiary/aromatic N) is 1. The Hall–Kier alpha value is -3.82. The lowest BCUT2D eigenvalue weighted by Gasteiger charge is -2.17. The second kappa shape index (κ2) is 13.7. The Balaban J connectivity index is 0.000000266. The first-order valence-corrected chi connectivity index (χ1v) is 11.0. The molecule has 2 aromatic carbocycles. The number of aryl methyl sites for hydroxylation is 1. The fraction of sp³-hybridized carbons (Fsp3) is 0.280. The average Bonchev–Trinajstić information content (AvgIpc) is 2.85. The molecule has 180 valence electrons. The number of carboxylic acid groups (broad SMARTS) is 1. The quantitative estimate of drug-likeness (QED) is 0.302. The van der Waals surface area contributed by atoms with Gasteiger partial charge >= 0.3 is 5.97 Å². The number of amides is 2. The SMILES string of the molecule is NC(=O)c1cnc2ccccc2c1.NCCC[C@@H](N)C(=O)N[C@@H](CCc1ccccc1)C(=O)O. The van der Waals surface area contributed by atoms with E-state index < -0.39 is 29.9 Å². The summed E-state index contributed by atoms with van der Waals surface area (Å²) in [5, 5.41) is 12.6. The molecule has 3 rings (SSSR count). The van der Waals surface area contributed by atoms with Gasteiger partial charge in [-0.05, 0) is 49.9 Å². The Bertz CT molecular complexity index is 1090. The normalized spacial score (nSPS) is 12.2. The van der Waals surface area contributed by atoms with E-state index in [2.05, 4.69) is 10.3 Å². The van der Waals surface area contributed by atoms with Gasteiger partial charge in [-0.15, -0.1) is 0 Å². The lowest BCUT2D eigenvalue weighted by Crippen LogP contribution is -2.48. The van der Waals surface area contributed by atoms with Crippen molar-refractivity contribution in [1.29, 1.82) is 0 Å². The highest BCUT2D eigenvalue weighted by atomic mass is 16.4. The van der Waals surface area contributed by atoms with E-state index in [1.54, 1.807) is 6.07 Å². The van der Waals surface area contributed by atoms with Crippen LogP contribution in [0.25, 0.3) is 10.9 Å². The number of pyridine rings is 1. The number of carbonyl (C=O) groups excluding carboxylic acids is 2. The number of para-hydroxylation sites is 1. The van der Waals surface area contributed by atoms with Gasteiger partial charge in [0, 0.05) is 11.6 Å². The van der Waals surface area contributed by atoms with Crippen LogP contribution in [-0.2, 0) is 16.0 Å². The number of primary amides is 1. The first kappa shape index (κ1) is 26.4. The molecule has 8 N–H and O–H groups in total. The molecule has 1 heterocycles. The van der Waals surface area contributed by atoms with E-state index >= 15 is 0 Å². The molecule has 9 heteroatoms. The van der Waals surface area contributed by atoms with Gasteiger partial charge in [0.05, 0.1) is 17.1 Å². The number of rotatable bonds is 10. The van der Waals surface area contributed by atoms with Crippen LogP contribution >= 0.6 is 0 Å². The molecule has 0 unspecified atom stereocenters. The van der Waals surface area contributed by atoms with Gasteiger partial charge in [0.25, 0.3) is 0 Å². The van der Waals surface area contributed by atoms with Gasteiger partial charge in [0.2, 0.25) is 11.8 Å². The molecular weight excluding hydrogens is 434 g/mol. The van der Waals surface area contributed by atoms with Gasteiger partial charge < -0.3 is 27.6 Å². The number of nitrogens with two attached hydrogens (primary N) is 3. The average molecular weight is 466 g/mol. The van der Waals surface area contributed by atoms with Crippen molar-refractivity contribution in [3.8, 4) is 0 Å². The molecule has 0 aliphatic carbocycles. The summed E-state index contributed by atoms with van der Waals surface area (Å²) in [5.41, 5.74) is 18.5. The number of benzene rings is 2. The minimum absolute atomic E-state index is 0.328. The fourth-order valence-electron chi connectivity index (χ4n) is 3.17. The van der Waals surface area contributed by atoms with Gasteiger partial charge in [-0.2, -0.15) is 0 Å². The van der Waals surface area contributed by atoms with Crippen LogP contribution in [0, 0.1) is 0 Å². The maximum absolute atomic E-state index is 11.8. The Morgan fingerprint density at radius 3 is 2.32 bits per heavy atom. The number of carbonyl (C=O) groups is 3. The number of hydrogen-bond donors (Lipinski definition) is 5. The number of aliphatic carboxylic acids is 1. The molecule has 2 amide bonds. The van der Waals surface area contributed by atoms with E-state index in [0.29, 0.717) is 37.8 Å². The maximum Gasteiger partial charge on any atom is 0.326 e. The third-order valence-corrected chi connectivity index (χ3v) is 5.11. The Morgan fingerprint density at radius 2 is 1.68 bits per heavy atom. The second-order valence-electron chi connectivity index (χ2n) is 7.74. The molecule has 0 aliphatic rings. The standard InChI is InChI=1S/C15H23N3O3.C10H8N2O/c16-10-4-7-12(17)14(19)18-13(15(20)21)9-8-11-5-2-1-3-6-11;11-10(13)8-5-7-3-1-2-4-9(7)12-6-8/h1-3,5-6,12-13H,4,7-10,16-17H2,(H,18,19)(H,20,21);1-6H,(H2,11,13)/t12-,13+;/m1./s1. The van der Waals surface area contributed by atoms with Crippen molar-refractivity contribution in [3.05, 3.63) is 78.0 Å². The smallest absolute Gasteiger partial charge is 0.326 e. The molecule has 34 heavy (non-hydrogen) atoms. The molecule has 0 saturated heterocycles. The summed E-state index contributed by atoms with van der Waals surface area (Å²) in [5.74, 6) is -1.94. The van der Waals surface area contributed by atoms with E-state index in [1.807, 2.05) is 54.6 Å². The molecule has 3 aromatic rings. The van der Waals surface area contributed by atoms with Crippen molar-refractivity contribution in [2.45, 2.75) is 37.8 Å². The minimum atomic E-state index is -1.05. The zero-order valence-corrected chi connectivity index (χ0v) is 18.9. The molecule has 0 bridgehead atoms. The molecular formula is C25H31N5O4. The zero-order chi connectivity index (χ0) is 24.9. The molecule has 0 radical (unpaired) electrons. The molecule has 9 nitrogen and oxygen atoms in total. The van der Waals surface area contributed by atoms with Crippen LogP contribution in [-0.4, -0.2) is 46.5 Å². The van der Waals surface area contributed by atoms with Crippen molar-refractivity contribution < 1.29 is 19.5 Å². The van der Waals surface area contributed by atoms with Crippen molar-refractivity contribution in [2.75, 3.05) is 6.54 Å². The van der Waals surface area contributed by atoms with E-state index in [4.69, 9.17) is 17.2 Å². The molecule has 2 atom stereocenters. The summed E-state index contributed by atoms with van der Waals surface area (Å²) in [6.07, 6.45) is 3.49. The van der Waals surface area contributed by atoms with Crippen LogP contribution < -0.4 is 22.5 Å². The van der Waals surface area contributed by atoms with Crippen LogP contribution in [0.2, 0.25) is 0 Å². The zero-order valence-electron chi connectivity index (χ0n) is 18.9. The summed E-state index contributed by atoms with van der Waals surface area (Å²) in [4.78, 5) is 38.0. The van der Waals surface area contributed by atoms with E-state index in [1.165, 1.54) is 6.20 Å². The molecule has 1 aromatic heterocycles. The van der Waals surface area contributed by atoms with Crippen molar-refractivity contribution >= 4 is 28.7 Å². The highest BCUT2D eigenvalue weighted by Gasteiger charge is 2.22. The molecule has 0 aliphatic heterocycles. The van der Waals surface area contributed by atoms with E-state index in [0.717, 1.165) is 16.5 Å². The molecule has 0 fully saturated rings. The van der Waals surface area contributed by atoms with Crippen LogP contribution in [0.4, 0.5) is 0 Å². The number of hydrogen-bond acceptors (Lipinski definition) is 6. The Kier molecular flexibility index (Phi) is 10.6. The lowest BCUT2D eigenvalue weighted by atomic mass is 10.0. The Morgan fingerprint density at radius 1 is 1.00 bits per heavy atom. The number of fused-ring (bicyclic) bond motifs is 1. The maximum atomic E-state index is 11.8. The third-order valence-electron chi connectivity index (χ3n) is 5.11. The number of carboxylic acids is 1. The van der Waals surface area contributed by atoms with Crippen molar-refractivity contribution in [2.24, 2.45) is 17.2 Å².